The molecule has 0 aromatic carbocycles. The van der Waals surface area contributed by atoms with Crippen LogP contribution in [0.25, 0.3) is 21.9 Å². The second-order valence-corrected chi connectivity index (χ2v) is 11.2. The van der Waals surface area contributed by atoms with Gasteiger partial charge in [0.15, 0.2) is 21.8 Å². The summed E-state index contributed by atoms with van der Waals surface area (Å²) in [6.07, 6.45) is 7.85. The highest BCUT2D eigenvalue weighted by molar-refractivity contribution is 7.19. The lowest BCUT2D eigenvalue weighted by atomic mass is 9.87. The van der Waals surface area contributed by atoms with E-state index >= 15 is 0 Å². The Bertz CT molecular complexity index is 1320. The number of H-pyrrole nitrogens is 1. The molecule has 2 fully saturated rings. The lowest BCUT2D eigenvalue weighted by molar-refractivity contribution is -0.125. The van der Waals surface area contributed by atoms with Gasteiger partial charge in [-0.3, -0.25) is 4.79 Å². The highest BCUT2D eigenvalue weighted by atomic mass is 35.5. The summed E-state index contributed by atoms with van der Waals surface area (Å²) in [5.41, 5.74) is 1.90. The predicted molar refractivity (Wildman–Crippen MR) is 143 cm³/mol. The Hall–Kier alpha value is -2.40. The molecule has 3 aliphatic rings. The van der Waals surface area contributed by atoms with E-state index in [2.05, 4.69) is 49.6 Å². The van der Waals surface area contributed by atoms with E-state index in [0.29, 0.717) is 52.6 Å². The fraction of sp³-hybridized carbons (Fsp3) is 0.500. The molecule has 2 aliphatic carbocycles. The normalized spacial score (nSPS) is 25.1. The van der Waals surface area contributed by atoms with Gasteiger partial charge in [-0.05, 0) is 24.7 Å². The number of thiazole rings is 1. The number of nitrogens with zero attached hydrogens (tertiary/aromatic N) is 4. The highest BCUT2D eigenvalue weighted by Gasteiger charge is 2.48. The summed E-state index contributed by atoms with van der Waals surface area (Å²) >= 11 is 14.7. The van der Waals surface area contributed by atoms with Crippen molar-refractivity contribution in [2.24, 2.45) is 17.8 Å². The molecule has 36 heavy (non-hydrogen) atoms. The van der Waals surface area contributed by atoms with E-state index in [0.717, 1.165) is 35.9 Å². The molecule has 6 rings (SSSR count). The fourth-order valence-electron chi connectivity index (χ4n) is 5.41. The van der Waals surface area contributed by atoms with Crippen molar-refractivity contribution in [1.82, 2.24) is 25.3 Å². The van der Waals surface area contributed by atoms with Crippen LogP contribution in [-0.4, -0.2) is 64.7 Å². The second-order valence-electron chi connectivity index (χ2n) is 9.41. The molecule has 190 valence electrons. The minimum absolute atomic E-state index is 0.0694. The average molecular weight is 549 g/mol. The van der Waals surface area contributed by atoms with E-state index < -0.39 is 0 Å². The summed E-state index contributed by atoms with van der Waals surface area (Å²) in [5, 5.41) is 8.37. The van der Waals surface area contributed by atoms with Crippen LogP contribution in [0.15, 0.2) is 18.3 Å². The van der Waals surface area contributed by atoms with E-state index in [4.69, 9.17) is 32.9 Å². The minimum atomic E-state index is -0.156. The smallest absolute Gasteiger partial charge is 0.225 e. The molecule has 4 unspecified atom stereocenters. The van der Waals surface area contributed by atoms with Gasteiger partial charge in [0.1, 0.15) is 10.4 Å². The van der Waals surface area contributed by atoms with Crippen molar-refractivity contribution in [3.05, 3.63) is 28.5 Å². The maximum Gasteiger partial charge on any atom is 0.225 e. The monoisotopic (exact) mass is 547 g/mol. The Balaban J connectivity index is 1.32. The number of hydrogen-bond acceptors (Lipinski definition) is 8. The maximum atomic E-state index is 13.0. The topological polar surface area (TPSA) is 108 Å². The number of amides is 1. The third-order valence-electron chi connectivity index (χ3n) is 7.16. The first-order valence-electron chi connectivity index (χ1n) is 12.3. The van der Waals surface area contributed by atoms with Crippen LogP contribution in [0.2, 0.25) is 10.2 Å². The van der Waals surface area contributed by atoms with Gasteiger partial charge in [0, 0.05) is 25.7 Å². The first-order valence-corrected chi connectivity index (χ1v) is 13.9. The van der Waals surface area contributed by atoms with Gasteiger partial charge in [-0.2, -0.15) is 0 Å². The number of pyridine rings is 1. The highest BCUT2D eigenvalue weighted by Crippen LogP contribution is 2.46. The molecule has 1 saturated heterocycles. The number of halogens is 2. The number of morpholine rings is 1. The lowest BCUT2D eigenvalue weighted by Crippen LogP contribution is -2.43. The molecule has 3 aromatic heterocycles. The number of carbonyl (C=O) groups is 1. The summed E-state index contributed by atoms with van der Waals surface area (Å²) in [4.78, 5) is 33.1. The molecular formula is C24H27Cl2N7O2S. The van der Waals surface area contributed by atoms with Gasteiger partial charge >= 0.3 is 0 Å². The third-order valence-corrected chi connectivity index (χ3v) is 8.96. The van der Waals surface area contributed by atoms with Gasteiger partial charge in [-0.25, -0.2) is 15.0 Å². The van der Waals surface area contributed by atoms with Gasteiger partial charge in [0.25, 0.3) is 0 Å². The molecular weight excluding hydrogens is 521 g/mol. The van der Waals surface area contributed by atoms with Crippen LogP contribution >= 0.6 is 34.5 Å². The van der Waals surface area contributed by atoms with Crippen LogP contribution in [0.5, 0.6) is 0 Å². The van der Waals surface area contributed by atoms with Crippen molar-refractivity contribution in [2.75, 3.05) is 43.1 Å². The van der Waals surface area contributed by atoms with E-state index in [9.17, 15) is 4.79 Å². The summed E-state index contributed by atoms with van der Waals surface area (Å²) in [6, 6.07) is -0.0694. The molecule has 0 radical (unpaired) electrons. The number of rotatable bonds is 7. The average Bonchev–Trinajstić information content (AvgIpc) is 3.67. The Morgan fingerprint density at radius 3 is 2.86 bits per heavy atom. The molecule has 0 spiro atoms. The molecule has 1 aliphatic heterocycles. The van der Waals surface area contributed by atoms with E-state index in [1.807, 2.05) is 0 Å². The number of imidazole rings is 1. The number of aromatic amines is 1. The molecule has 4 heterocycles. The first kappa shape index (κ1) is 24.0. The van der Waals surface area contributed by atoms with Crippen molar-refractivity contribution in [1.29, 1.82) is 0 Å². The standard InChI is InChI=1S/C24H27Cl2N7O2S/c1-2-5-27-23(34)15-12-3-4-13(10-12)16(15)29-17-14(25)11-28-21-18(17)30-22(32-21)19-20(26)31-24(36-19)33-6-8-35-9-7-33/h3-4,11-13,15-16H,2,5-10H2,1H3,(H,27,34)(H2,28,29,30,32). The van der Waals surface area contributed by atoms with E-state index in [1.165, 1.54) is 11.3 Å². The van der Waals surface area contributed by atoms with Gasteiger partial charge in [0.05, 0.1) is 36.0 Å². The zero-order valence-electron chi connectivity index (χ0n) is 19.8. The van der Waals surface area contributed by atoms with Crippen LogP contribution in [-0.2, 0) is 9.53 Å². The number of anilines is 2. The zero-order valence-corrected chi connectivity index (χ0v) is 22.1. The lowest BCUT2D eigenvalue weighted by Gasteiger charge is -2.29. The SMILES string of the molecule is CCCNC(=O)C1C2C=CC(C2)C1Nc1c(Cl)cnc2[nH]c(-c3sc(N4CCOCC4)nc3Cl)nc12. The molecule has 2 bridgehead atoms. The van der Waals surface area contributed by atoms with Gasteiger partial charge in [-0.15, -0.1) is 0 Å². The molecule has 4 atom stereocenters. The van der Waals surface area contributed by atoms with Crippen molar-refractivity contribution in [3.63, 3.8) is 0 Å². The van der Waals surface area contributed by atoms with Crippen LogP contribution in [0.1, 0.15) is 19.8 Å². The molecule has 1 amide bonds. The second kappa shape index (κ2) is 9.81. The molecule has 3 aromatic rings. The third kappa shape index (κ3) is 4.23. The summed E-state index contributed by atoms with van der Waals surface area (Å²) < 4.78 is 5.45. The van der Waals surface area contributed by atoms with Crippen LogP contribution in [0.3, 0.4) is 0 Å². The maximum absolute atomic E-state index is 13.0. The molecule has 9 nitrogen and oxygen atoms in total. The van der Waals surface area contributed by atoms with Crippen molar-refractivity contribution in [3.8, 4) is 10.7 Å². The van der Waals surface area contributed by atoms with Crippen LogP contribution < -0.4 is 15.5 Å². The van der Waals surface area contributed by atoms with Gasteiger partial charge in [0.2, 0.25) is 5.91 Å². The Morgan fingerprint density at radius 1 is 1.25 bits per heavy atom. The van der Waals surface area contributed by atoms with E-state index in [1.54, 1.807) is 6.20 Å². The number of ether oxygens (including phenoxy) is 1. The quantitative estimate of drug-likeness (QED) is 0.377. The number of fused-ring (bicyclic) bond motifs is 3. The van der Waals surface area contributed by atoms with Crippen LogP contribution in [0.4, 0.5) is 10.8 Å². The molecule has 12 heteroatoms. The minimum Gasteiger partial charge on any atom is -0.378 e. The fourth-order valence-corrected chi connectivity index (χ4v) is 6.89. The number of nitrogens with one attached hydrogen (secondary N) is 3. The van der Waals surface area contributed by atoms with Gasteiger partial charge in [-0.1, -0.05) is 53.6 Å². The first-order chi connectivity index (χ1) is 17.5. The number of allylic oxidation sites excluding steroid dienone is 1. The number of hydrogen-bond donors (Lipinski definition) is 3. The zero-order chi connectivity index (χ0) is 24.8. The van der Waals surface area contributed by atoms with Crippen molar-refractivity contribution >= 4 is 62.4 Å². The van der Waals surface area contributed by atoms with Crippen molar-refractivity contribution in [2.45, 2.75) is 25.8 Å². The number of carbonyl (C=O) groups excluding carboxylic acids is 1. The van der Waals surface area contributed by atoms with Crippen LogP contribution in [0, 0.1) is 17.8 Å². The summed E-state index contributed by atoms with van der Waals surface area (Å²) in [6.45, 7) is 5.63. The van der Waals surface area contributed by atoms with Gasteiger partial charge < -0.3 is 25.3 Å². The van der Waals surface area contributed by atoms with Crippen molar-refractivity contribution < 1.29 is 9.53 Å². The Labute approximate surface area is 222 Å². The Morgan fingerprint density at radius 2 is 2.06 bits per heavy atom. The van der Waals surface area contributed by atoms with E-state index in [-0.39, 0.29) is 29.7 Å². The predicted octanol–water partition coefficient (Wildman–Crippen LogP) is 4.35. The molecule has 3 N–H and O–H groups in total. The summed E-state index contributed by atoms with van der Waals surface area (Å²) in [7, 11) is 0. The largest absolute Gasteiger partial charge is 0.378 e. The summed E-state index contributed by atoms with van der Waals surface area (Å²) in [5.74, 6) is 1.01. The Kier molecular flexibility index (Phi) is 6.53. The molecule has 1 saturated carbocycles. The number of aromatic nitrogens is 4.